The summed E-state index contributed by atoms with van der Waals surface area (Å²) in [5.41, 5.74) is 8.28. The van der Waals surface area contributed by atoms with Crippen LogP contribution in [0.1, 0.15) is 18.4 Å². The predicted molar refractivity (Wildman–Crippen MR) is 166 cm³/mol. The predicted octanol–water partition coefficient (Wildman–Crippen LogP) is 8.82. The maximum atomic E-state index is 12.9. The number of nitrogens with zero attached hydrogens (tertiary/aromatic N) is 1. The van der Waals surface area contributed by atoms with Gasteiger partial charge in [-0.2, -0.15) is 0 Å². The van der Waals surface area contributed by atoms with Crippen molar-refractivity contribution in [2.24, 2.45) is 0 Å². The van der Waals surface area contributed by atoms with Gasteiger partial charge in [-0.25, -0.2) is 4.79 Å². The number of likely N-dealkylation sites (tertiary alicyclic amines) is 1. The Kier molecular flexibility index (Phi) is 6.21. The lowest BCUT2D eigenvalue weighted by Gasteiger charge is -2.39. The third kappa shape index (κ3) is 4.48. The number of urea groups is 1. The van der Waals surface area contributed by atoms with Crippen molar-refractivity contribution in [3.8, 4) is 22.3 Å². The van der Waals surface area contributed by atoms with Crippen LogP contribution in [0.15, 0.2) is 109 Å². The van der Waals surface area contributed by atoms with Crippen LogP contribution in [-0.2, 0) is 5.41 Å². The summed E-state index contributed by atoms with van der Waals surface area (Å²) in [5.74, 6) is 0. The molecule has 0 unspecified atom stereocenters. The zero-order valence-corrected chi connectivity index (χ0v) is 22.9. The van der Waals surface area contributed by atoms with Gasteiger partial charge in [0.25, 0.3) is 0 Å². The quantitative estimate of drug-likeness (QED) is 0.239. The van der Waals surface area contributed by atoms with E-state index in [1.165, 1.54) is 44.3 Å². The Morgan fingerprint density at radius 3 is 2.33 bits per heavy atom. The standard InChI is InChI=1S/C35H30ClN3O/c36-28-7-4-8-29(22-28)38-34(40)39-19-17-35(18-20-39)23-37-33-16-15-27(21-32(33)35)24-11-13-26(14-12-24)31-10-3-6-25-5-1-2-9-30(25)31/h1-16,21-22,37H,17-20,23H2,(H,38,40). The third-order valence-corrected chi connectivity index (χ3v) is 8.85. The third-order valence-electron chi connectivity index (χ3n) is 8.61. The van der Waals surface area contributed by atoms with Crippen molar-refractivity contribution in [3.63, 3.8) is 0 Å². The summed E-state index contributed by atoms with van der Waals surface area (Å²) in [6.45, 7) is 2.35. The van der Waals surface area contributed by atoms with Crippen LogP contribution >= 0.6 is 11.6 Å². The van der Waals surface area contributed by atoms with Gasteiger partial charge in [-0.1, -0.05) is 90.5 Å². The number of halogens is 1. The lowest BCUT2D eigenvalue weighted by Crippen LogP contribution is -2.47. The van der Waals surface area contributed by atoms with E-state index in [2.05, 4.69) is 95.6 Å². The van der Waals surface area contributed by atoms with Gasteiger partial charge in [-0.15, -0.1) is 0 Å². The zero-order chi connectivity index (χ0) is 27.1. The highest BCUT2D eigenvalue weighted by atomic mass is 35.5. The van der Waals surface area contributed by atoms with E-state index in [0.29, 0.717) is 5.02 Å². The topological polar surface area (TPSA) is 44.4 Å². The van der Waals surface area contributed by atoms with Crippen LogP contribution in [0.2, 0.25) is 5.02 Å². The number of hydrogen-bond acceptors (Lipinski definition) is 2. The van der Waals surface area contributed by atoms with Gasteiger partial charge < -0.3 is 15.5 Å². The fraction of sp³-hybridized carbons (Fsp3) is 0.171. The van der Waals surface area contributed by atoms with Gasteiger partial charge in [-0.3, -0.25) is 0 Å². The maximum Gasteiger partial charge on any atom is 0.321 e. The summed E-state index contributed by atoms with van der Waals surface area (Å²) in [7, 11) is 0. The van der Waals surface area contributed by atoms with Crippen molar-refractivity contribution in [1.82, 2.24) is 4.90 Å². The molecule has 5 aromatic rings. The van der Waals surface area contributed by atoms with Gasteiger partial charge in [0.2, 0.25) is 0 Å². The molecule has 0 bridgehead atoms. The summed E-state index contributed by atoms with van der Waals surface area (Å²) in [4.78, 5) is 14.8. The summed E-state index contributed by atoms with van der Waals surface area (Å²) in [5, 5.41) is 9.78. The molecule has 5 heteroatoms. The molecular formula is C35H30ClN3O. The minimum atomic E-state index is -0.0664. The minimum absolute atomic E-state index is 0.0427. The second-order valence-corrected chi connectivity index (χ2v) is 11.4. The Labute approximate surface area is 239 Å². The molecule has 7 rings (SSSR count). The molecule has 2 N–H and O–H groups in total. The molecule has 0 aromatic heterocycles. The molecule has 198 valence electrons. The van der Waals surface area contributed by atoms with Crippen LogP contribution < -0.4 is 10.6 Å². The number of hydrogen-bond donors (Lipinski definition) is 2. The van der Waals surface area contributed by atoms with Crippen molar-refractivity contribution >= 4 is 39.8 Å². The summed E-state index contributed by atoms with van der Waals surface area (Å²) < 4.78 is 0. The van der Waals surface area contributed by atoms with Crippen molar-refractivity contribution in [1.29, 1.82) is 0 Å². The van der Waals surface area contributed by atoms with Gasteiger partial charge in [0.05, 0.1) is 0 Å². The van der Waals surface area contributed by atoms with E-state index in [0.717, 1.165) is 38.2 Å². The fourth-order valence-electron chi connectivity index (χ4n) is 6.35. The highest BCUT2D eigenvalue weighted by Crippen LogP contribution is 2.45. The molecule has 1 fully saturated rings. The van der Waals surface area contributed by atoms with Crippen LogP contribution in [0, 0.1) is 0 Å². The second-order valence-electron chi connectivity index (χ2n) is 10.9. The molecule has 1 spiro atoms. The fourth-order valence-corrected chi connectivity index (χ4v) is 6.54. The van der Waals surface area contributed by atoms with Gasteiger partial charge in [0, 0.05) is 41.4 Å². The number of fused-ring (bicyclic) bond motifs is 3. The molecule has 4 nitrogen and oxygen atoms in total. The van der Waals surface area contributed by atoms with Crippen LogP contribution in [0.25, 0.3) is 33.0 Å². The van der Waals surface area contributed by atoms with Gasteiger partial charge in [-0.05, 0) is 81.8 Å². The van der Waals surface area contributed by atoms with E-state index in [1.54, 1.807) is 12.1 Å². The molecule has 1 saturated heterocycles. The number of rotatable bonds is 3. The molecular weight excluding hydrogens is 514 g/mol. The van der Waals surface area contributed by atoms with Crippen LogP contribution in [0.3, 0.4) is 0 Å². The van der Waals surface area contributed by atoms with Crippen LogP contribution in [0.5, 0.6) is 0 Å². The van der Waals surface area contributed by atoms with E-state index in [-0.39, 0.29) is 11.4 Å². The summed E-state index contributed by atoms with van der Waals surface area (Å²) >= 11 is 6.09. The lowest BCUT2D eigenvalue weighted by atomic mass is 9.74. The maximum absolute atomic E-state index is 12.9. The number of carbonyl (C=O) groups is 1. The van der Waals surface area contributed by atoms with Crippen molar-refractivity contribution in [3.05, 3.63) is 120 Å². The number of carbonyl (C=O) groups excluding carboxylic acids is 1. The zero-order valence-electron chi connectivity index (χ0n) is 22.2. The van der Waals surface area contributed by atoms with E-state index in [1.807, 2.05) is 17.0 Å². The molecule has 2 amide bonds. The van der Waals surface area contributed by atoms with Crippen molar-refractivity contribution < 1.29 is 4.79 Å². The Bertz CT molecular complexity index is 1720. The van der Waals surface area contributed by atoms with E-state index in [4.69, 9.17) is 11.6 Å². The number of amides is 2. The first-order valence-electron chi connectivity index (χ1n) is 13.9. The number of nitrogens with one attached hydrogen (secondary N) is 2. The Morgan fingerprint density at radius 2 is 1.50 bits per heavy atom. The van der Waals surface area contributed by atoms with Gasteiger partial charge in [0.15, 0.2) is 0 Å². The van der Waals surface area contributed by atoms with Crippen LogP contribution in [-0.4, -0.2) is 30.6 Å². The molecule has 5 aromatic carbocycles. The molecule has 0 saturated carbocycles. The molecule has 0 atom stereocenters. The van der Waals surface area contributed by atoms with Crippen molar-refractivity contribution in [2.75, 3.05) is 30.3 Å². The van der Waals surface area contributed by atoms with Gasteiger partial charge >= 0.3 is 6.03 Å². The van der Waals surface area contributed by atoms with E-state index >= 15 is 0 Å². The van der Waals surface area contributed by atoms with Crippen LogP contribution in [0.4, 0.5) is 16.2 Å². The molecule has 0 radical (unpaired) electrons. The van der Waals surface area contributed by atoms with E-state index < -0.39 is 0 Å². The molecule has 2 heterocycles. The average molecular weight is 544 g/mol. The molecule has 2 aliphatic rings. The normalized spacial score (nSPS) is 15.6. The second kappa shape index (κ2) is 10.0. The SMILES string of the molecule is O=C(Nc1cccc(Cl)c1)N1CCC2(CC1)CNc1ccc(-c3ccc(-c4cccc5ccccc45)cc3)cc12. The summed E-state index contributed by atoms with van der Waals surface area (Å²) in [6, 6.07) is 38.0. The smallest absolute Gasteiger partial charge is 0.321 e. The molecule has 2 aliphatic heterocycles. The first-order valence-corrected chi connectivity index (χ1v) is 14.2. The highest BCUT2D eigenvalue weighted by Gasteiger charge is 2.42. The Balaban J connectivity index is 1.10. The number of piperidine rings is 1. The highest BCUT2D eigenvalue weighted by molar-refractivity contribution is 6.30. The first kappa shape index (κ1) is 24.7. The van der Waals surface area contributed by atoms with Crippen molar-refractivity contribution in [2.45, 2.75) is 18.3 Å². The average Bonchev–Trinajstić information content (AvgIpc) is 3.34. The number of anilines is 2. The minimum Gasteiger partial charge on any atom is -0.384 e. The monoisotopic (exact) mass is 543 g/mol. The van der Waals surface area contributed by atoms with E-state index in [9.17, 15) is 4.79 Å². The lowest BCUT2D eigenvalue weighted by molar-refractivity contribution is 0.174. The molecule has 0 aliphatic carbocycles. The summed E-state index contributed by atoms with van der Waals surface area (Å²) in [6.07, 6.45) is 1.86. The molecule has 40 heavy (non-hydrogen) atoms. The Hall–Kier alpha value is -4.28. The Morgan fingerprint density at radius 1 is 0.775 bits per heavy atom. The van der Waals surface area contributed by atoms with Gasteiger partial charge in [0.1, 0.15) is 0 Å². The largest absolute Gasteiger partial charge is 0.384 e. The number of benzene rings is 5. The first-order chi connectivity index (χ1) is 19.6.